The van der Waals surface area contributed by atoms with Crippen molar-refractivity contribution in [3.05, 3.63) is 0 Å². The van der Waals surface area contributed by atoms with Crippen LogP contribution in [-0.4, -0.2) is 16.5 Å². The van der Waals surface area contributed by atoms with E-state index in [4.69, 9.17) is 0 Å². The molecule has 0 saturated heterocycles. The molecule has 0 radical (unpaired) electrons. The van der Waals surface area contributed by atoms with Gasteiger partial charge < -0.3 is 5.11 Å². The van der Waals surface area contributed by atoms with Gasteiger partial charge in [-0.25, -0.2) is 0 Å². The average molecular weight is 238 g/mol. The first kappa shape index (κ1) is 13.1. The van der Waals surface area contributed by atoms with Gasteiger partial charge >= 0.3 is 0 Å². The van der Waals surface area contributed by atoms with Crippen molar-refractivity contribution < 1.29 is 9.90 Å². The van der Waals surface area contributed by atoms with Crippen molar-refractivity contribution in [2.75, 3.05) is 0 Å². The highest BCUT2D eigenvalue weighted by molar-refractivity contribution is 5.80. The van der Waals surface area contributed by atoms with E-state index in [1.165, 1.54) is 12.8 Å². The van der Waals surface area contributed by atoms with Gasteiger partial charge in [-0.3, -0.25) is 4.79 Å². The van der Waals surface area contributed by atoms with Crippen LogP contribution in [-0.2, 0) is 4.79 Å². The molecule has 2 aliphatic carbocycles. The summed E-state index contributed by atoms with van der Waals surface area (Å²) in [7, 11) is 0. The number of hydrogen-bond acceptors (Lipinski definition) is 2. The van der Waals surface area contributed by atoms with E-state index in [1.54, 1.807) is 0 Å². The van der Waals surface area contributed by atoms with Crippen molar-refractivity contribution in [2.24, 2.45) is 16.7 Å². The summed E-state index contributed by atoms with van der Waals surface area (Å²) < 4.78 is 0. The molecular weight excluding hydrogens is 212 g/mol. The van der Waals surface area contributed by atoms with E-state index < -0.39 is 5.60 Å². The molecule has 2 rings (SSSR count). The van der Waals surface area contributed by atoms with Crippen LogP contribution in [0.1, 0.15) is 66.2 Å². The van der Waals surface area contributed by atoms with Gasteiger partial charge in [0.25, 0.3) is 0 Å². The lowest BCUT2D eigenvalue weighted by atomic mass is 9.54. The highest BCUT2D eigenvalue weighted by Gasteiger charge is 2.51. The fourth-order valence-electron chi connectivity index (χ4n) is 4.42. The van der Waals surface area contributed by atoms with Crippen molar-refractivity contribution in [2.45, 2.75) is 71.8 Å². The van der Waals surface area contributed by atoms with Gasteiger partial charge in [-0.05, 0) is 42.9 Å². The molecule has 98 valence electrons. The second kappa shape index (κ2) is 3.81. The maximum atomic E-state index is 12.0. The smallest absolute Gasteiger partial charge is 0.136 e. The van der Waals surface area contributed by atoms with Crippen molar-refractivity contribution in [1.82, 2.24) is 0 Å². The van der Waals surface area contributed by atoms with E-state index >= 15 is 0 Å². The topological polar surface area (TPSA) is 37.3 Å². The van der Waals surface area contributed by atoms with Crippen LogP contribution in [0.5, 0.6) is 0 Å². The van der Waals surface area contributed by atoms with Crippen LogP contribution in [0, 0.1) is 16.7 Å². The van der Waals surface area contributed by atoms with Gasteiger partial charge in [0.1, 0.15) is 5.78 Å². The average Bonchev–Trinajstić information content (AvgIpc) is 2.18. The summed E-state index contributed by atoms with van der Waals surface area (Å²) in [6, 6.07) is 0. The van der Waals surface area contributed by atoms with Gasteiger partial charge in [0.2, 0.25) is 0 Å². The number of hydrogen-bond donors (Lipinski definition) is 1. The number of rotatable bonds is 0. The lowest BCUT2D eigenvalue weighted by molar-refractivity contribution is -0.124. The predicted molar refractivity (Wildman–Crippen MR) is 68.7 cm³/mol. The molecule has 0 aliphatic heterocycles. The number of carbonyl (C=O) groups excluding carboxylic acids is 1. The minimum Gasteiger partial charge on any atom is -0.390 e. The van der Waals surface area contributed by atoms with E-state index in [0.717, 1.165) is 12.8 Å². The Morgan fingerprint density at radius 2 is 1.76 bits per heavy atom. The summed E-state index contributed by atoms with van der Waals surface area (Å²) in [5.41, 5.74) is -0.435. The Kier molecular flexibility index (Phi) is 2.93. The van der Waals surface area contributed by atoms with E-state index in [9.17, 15) is 9.90 Å². The van der Waals surface area contributed by atoms with Crippen molar-refractivity contribution in [3.63, 3.8) is 0 Å². The zero-order chi connectivity index (χ0) is 12.9. The molecule has 0 amide bonds. The fourth-order valence-corrected chi connectivity index (χ4v) is 4.42. The normalized spacial score (nSPS) is 46.2. The first-order valence-electron chi connectivity index (χ1n) is 6.89. The number of Topliss-reactive ketones (excluding diaryl/α,β-unsaturated/α-hetero) is 1. The SMILES string of the molecule is CC1(C)CCC[C@]2(C)CC(=O)C[C@](C)(O)C[C@H]12. The van der Waals surface area contributed by atoms with E-state index in [0.29, 0.717) is 18.8 Å². The summed E-state index contributed by atoms with van der Waals surface area (Å²) in [5.74, 6) is 0.711. The lowest BCUT2D eigenvalue weighted by Crippen LogP contribution is -2.44. The molecule has 0 bridgehead atoms. The third kappa shape index (κ3) is 2.42. The van der Waals surface area contributed by atoms with Crippen LogP contribution in [0.3, 0.4) is 0 Å². The molecule has 1 N–H and O–H groups in total. The maximum absolute atomic E-state index is 12.0. The van der Waals surface area contributed by atoms with Crippen LogP contribution in [0.25, 0.3) is 0 Å². The molecule has 2 saturated carbocycles. The van der Waals surface area contributed by atoms with Gasteiger partial charge in [0, 0.05) is 12.8 Å². The third-order valence-corrected chi connectivity index (χ3v) is 5.18. The molecule has 2 heteroatoms. The van der Waals surface area contributed by atoms with Gasteiger partial charge in [-0.1, -0.05) is 27.2 Å². The summed E-state index contributed by atoms with van der Waals surface area (Å²) in [6.45, 7) is 8.71. The number of carbonyl (C=O) groups is 1. The first-order valence-corrected chi connectivity index (χ1v) is 6.89. The minimum absolute atomic E-state index is 0.110. The zero-order valence-corrected chi connectivity index (χ0v) is 11.7. The maximum Gasteiger partial charge on any atom is 0.136 e. The largest absolute Gasteiger partial charge is 0.390 e. The Bertz CT molecular complexity index is 330. The van der Waals surface area contributed by atoms with E-state index in [-0.39, 0.29) is 16.6 Å². The van der Waals surface area contributed by atoms with E-state index in [2.05, 4.69) is 20.8 Å². The summed E-state index contributed by atoms with van der Waals surface area (Å²) in [5, 5.41) is 10.4. The Hall–Kier alpha value is -0.370. The second-order valence-corrected chi connectivity index (χ2v) is 7.64. The van der Waals surface area contributed by atoms with Crippen LogP contribution in [0.4, 0.5) is 0 Å². The van der Waals surface area contributed by atoms with Crippen LogP contribution in [0.15, 0.2) is 0 Å². The van der Waals surface area contributed by atoms with Crippen molar-refractivity contribution in [1.29, 1.82) is 0 Å². The molecule has 0 unspecified atom stereocenters. The molecule has 0 aromatic heterocycles. The van der Waals surface area contributed by atoms with Gasteiger partial charge in [-0.2, -0.15) is 0 Å². The van der Waals surface area contributed by atoms with Gasteiger partial charge in [0.05, 0.1) is 5.60 Å². The van der Waals surface area contributed by atoms with Crippen LogP contribution in [0.2, 0.25) is 0 Å². The number of aliphatic hydroxyl groups is 1. The number of fused-ring (bicyclic) bond motifs is 1. The molecule has 2 fully saturated rings. The first-order chi connectivity index (χ1) is 7.65. The van der Waals surface area contributed by atoms with Gasteiger partial charge in [-0.15, -0.1) is 0 Å². The monoisotopic (exact) mass is 238 g/mol. The Balaban J connectivity index is 2.37. The van der Waals surface area contributed by atoms with Crippen LogP contribution >= 0.6 is 0 Å². The molecule has 17 heavy (non-hydrogen) atoms. The van der Waals surface area contributed by atoms with E-state index in [1.807, 2.05) is 6.92 Å². The molecule has 2 nitrogen and oxygen atoms in total. The Morgan fingerprint density at radius 1 is 1.12 bits per heavy atom. The molecule has 0 heterocycles. The molecule has 0 aromatic carbocycles. The van der Waals surface area contributed by atoms with Crippen LogP contribution < -0.4 is 0 Å². The van der Waals surface area contributed by atoms with Crippen molar-refractivity contribution >= 4 is 5.78 Å². The number of ketones is 1. The molecular formula is C15H26O2. The molecule has 0 spiro atoms. The predicted octanol–water partition coefficient (Wildman–Crippen LogP) is 3.32. The standard InChI is InChI=1S/C15H26O2/c1-13(2)6-5-7-14(3)8-11(16)9-15(4,17)10-12(13)14/h12,17H,5-10H2,1-4H3/t12-,14-,15+/m1/s1. The quantitative estimate of drug-likeness (QED) is 0.703. The molecule has 3 atom stereocenters. The third-order valence-electron chi connectivity index (χ3n) is 5.18. The fraction of sp³-hybridized carbons (Fsp3) is 0.933. The Labute approximate surface area is 105 Å². The summed E-state index contributed by atoms with van der Waals surface area (Å²) >= 11 is 0. The summed E-state index contributed by atoms with van der Waals surface area (Å²) in [6.07, 6.45) is 5.37. The second-order valence-electron chi connectivity index (χ2n) is 7.64. The van der Waals surface area contributed by atoms with Crippen molar-refractivity contribution in [3.8, 4) is 0 Å². The minimum atomic E-state index is -0.797. The van der Waals surface area contributed by atoms with Gasteiger partial charge in [0.15, 0.2) is 0 Å². The lowest BCUT2D eigenvalue weighted by Gasteiger charge is -2.51. The zero-order valence-electron chi connectivity index (χ0n) is 11.7. The Morgan fingerprint density at radius 3 is 2.41 bits per heavy atom. The highest BCUT2D eigenvalue weighted by Crippen LogP contribution is 2.57. The highest BCUT2D eigenvalue weighted by atomic mass is 16.3. The summed E-state index contributed by atoms with van der Waals surface area (Å²) in [4.78, 5) is 12.0. The molecule has 2 aliphatic rings. The molecule has 0 aromatic rings.